The Hall–Kier alpha value is -2.61. The maximum atomic E-state index is 14.0. The van der Waals surface area contributed by atoms with Crippen molar-refractivity contribution in [2.75, 3.05) is 17.7 Å². The summed E-state index contributed by atoms with van der Waals surface area (Å²) in [4.78, 5) is 20.5. The first kappa shape index (κ1) is 20.3. The second-order valence-corrected chi connectivity index (χ2v) is 9.15. The SMILES string of the molecule is CSc1ccc(F)cc1[C@H]1CCCN1c1ccc2ncc(C(=O)NC3CCCC3)n2n1. The molecule has 1 aliphatic heterocycles. The first-order valence-corrected chi connectivity index (χ1v) is 12.1. The third-order valence-electron chi connectivity index (χ3n) is 6.37. The molecule has 31 heavy (non-hydrogen) atoms. The lowest BCUT2D eigenvalue weighted by molar-refractivity contribution is 0.0931. The van der Waals surface area contributed by atoms with Gasteiger partial charge in [0.1, 0.15) is 11.6 Å². The van der Waals surface area contributed by atoms with Crippen LogP contribution in [0.2, 0.25) is 0 Å². The summed E-state index contributed by atoms with van der Waals surface area (Å²) in [7, 11) is 0. The molecule has 2 fully saturated rings. The number of hydrogen-bond acceptors (Lipinski definition) is 5. The number of thioether (sulfide) groups is 1. The third kappa shape index (κ3) is 3.89. The minimum Gasteiger partial charge on any atom is -0.348 e. The van der Waals surface area contributed by atoms with Gasteiger partial charge in [0, 0.05) is 17.5 Å². The molecule has 6 nitrogen and oxygen atoms in total. The van der Waals surface area contributed by atoms with Gasteiger partial charge in [-0.1, -0.05) is 12.8 Å². The van der Waals surface area contributed by atoms with E-state index in [9.17, 15) is 9.18 Å². The number of carbonyl (C=O) groups excluding carboxylic acids is 1. The molecule has 8 heteroatoms. The Bertz CT molecular complexity index is 1110. The molecule has 1 amide bonds. The van der Waals surface area contributed by atoms with Gasteiger partial charge in [-0.15, -0.1) is 16.9 Å². The van der Waals surface area contributed by atoms with E-state index in [0.29, 0.717) is 11.3 Å². The van der Waals surface area contributed by atoms with Crippen molar-refractivity contribution in [3.63, 3.8) is 0 Å². The zero-order valence-electron chi connectivity index (χ0n) is 17.6. The third-order valence-corrected chi connectivity index (χ3v) is 7.18. The Kier molecular flexibility index (Phi) is 5.56. The molecule has 5 rings (SSSR count). The van der Waals surface area contributed by atoms with Gasteiger partial charge in [0.2, 0.25) is 0 Å². The minimum absolute atomic E-state index is 0.0578. The van der Waals surface area contributed by atoms with Crippen molar-refractivity contribution in [1.82, 2.24) is 19.9 Å². The lowest BCUT2D eigenvalue weighted by atomic mass is 10.0. The topological polar surface area (TPSA) is 62.5 Å². The van der Waals surface area contributed by atoms with E-state index in [1.165, 1.54) is 6.07 Å². The van der Waals surface area contributed by atoms with Crippen LogP contribution < -0.4 is 10.2 Å². The Balaban J connectivity index is 1.47. The fraction of sp³-hybridized carbons (Fsp3) is 0.435. The van der Waals surface area contributed by atoms with E-state index in [1.54, 1.807) is 28.5 Å². The van der Waals surface area contributed by atoms with Crippen molar-refractivity contribution in [2.24, 2.45) is 0 Å². The van der Waals surface area contributed by atoms with Crippen molar-refractivity contribution in [2.45, 2.75) is 55.5 Å². The second-order valence-electron chi connectivity index (χ2n) is 8.30. The van der Waals surface area contributed by atoms with E-state index in [2.05, 4.69) is 15.2 Å². The van der Waals surface area contributed by atoms with Gasteiger partial charge in [-0.05, 0) is 67.8 Å². The highest BCUT2D eigenvalue weighted by Crippen LogP contribution is 2.39. The molecular formula is C23H26FN5OS. The number of benzene rings is 1. The summed E-state index contributed by atoms with van der Waals surface area (Å²) in [6, 6.07) is 9.14. The van der Waals surface area contributed by atoms with Crippen LogP contribution in [-0.4, -0.2) is 39.3 Å². The predicted octanol–water partition coefficient (Wildman–Crippen LogP) is 4.60. The number of amides is 1. The zero-order chi connectivity index (χ0) is 21.4. The molecule has 1 atom stereocenters. The fourth-order valence-electron chi connectivity index (χ4n) is 4.83. The van der Waals surface area contributed by atoms with Gasteiger partial charge in [0.05, 0.1) is 12.2 Å². The maximum absolute atomic E-state index is 14.0. The summed E-state index contributed by atoms with van der Waals surface area (Å²) in [6.45, 7) is 0.839. The second kappa shape index (κ2) is 8.49. The molecule has 1 saturated heterocycles. The van der Waals surface area contributed by atoms with E-state index in [1.807, 2.05) is 24.5 Å². The number of imidazole rings is 1. The van der Waals surface area contributed by atoms with Crippen LogP contribution in [0.4, 0.5) is 10.2 Å². The number of aromatic nitrogens is 3. The van der Waals surface area contributed by atoms with Crippen LogP contribution in [0.15, 0.2) is 41.4 Å². The average Bonchev–Trinajstić information content (AvgIpc) is 3.53. The van der Waals surface area contributed by atoms with Gasteiger partial charge in [-0.3, -0.25) is 4.79 Å². The fourth-order valence-corrected chi connectivity index (χ4v) is 5.47. The summed E-state index contributed by atoms with van der Waals surface area (Å²) in [6.07, 6.45) is 9.94. The molecule has 1 aliphatic carbocycles. The molecule has 1 aromatic carbocycles. The molecule has 1 N–H and O–H groups in total. The lowest BCUT2D eigenvalue weighted by Gasteiger charge is -2.27. The van der Waals surface area contributed by atoms with Crippen LogP contribution >= 0.6 is 11.8 Å². The standard InChI is InChI=1S/C23H26FN5OS/c1-31-20-9-8-15(24)13-17(20)18-7-4-12-28(18)22-11-10-21-25-14-19(29(21)27-22)23(30)26-16-5-2-3-6-16/h8-11,13-14,16,18H,2-7,12H2,1H3,(H,26,30)/t18-/m1/s1. The van der Waals surface area contributed by atoms with Crippen molar-refractivity contribution >= 4 is 29.1 Å². The zero-order valence-corrected chi connectivity index (χ0v) is 18.4. The molecule has 2 aliphatic rings. The molecule has 0 unspecified atom stereocenters. The first-order valence-electron chi connectivity index (χ1n) is 10.9. The first-order chi connectivity index (χ1) is 15.1. The summed E-state index contributed by atoms with van der Waals surface area (Å²) in [5.74, 6) is 0.430. The summed E-state index contributed by atoms with van der Waals surface area (Å²) >= 11 is 1.63. The molecule has 0 radical (unpaired) electrons. The van der Waals surface area contributed by atoms with Gasteiger partial charge in [-0.2, -0.15) is 0 Å². The Morgan fingerprint density at radius 1 is 1.16 bits per heavy atom. The van der Waals surface area contributed by atoms with Crippen molar-refractivity contribution in [3.8, 4) is 0 Å². The molecular weight excluding hydrogens is 413 g/mol. The number of rotatable bonds is 5. The van der Waals surface area contributed by atoms with Crippen molar-refractivity contribution < 1.29 is 9.18 Å². The minimum atomic E-state index is -0.219. The van der Waals surface area contributed by atoms with Crippen LogP contribution in [-0.2, 0) is 0 Å². The highest BCUT2D eigenvalue weighted by atomic mass is 32.2. The monoisotopic (exact) mass is 439 g/mol. The van der Waals surface area contributed by atoms with E-state index in [4.69, 9.17) is 5.10 Å². The number of anilines is 1. The van der Waals surface area contributed by atoms with E-state index < -0.39 is 0 Å². The number of fused-ring (bicyclic) bond motifs is 1. The van der Waals surface area contributed by atoms with Crippen LogP contribution in [0.5, 0.6) is 0 Å². The van der Waals surface area contributed by atoms with Crippen molar-refractivity contribution in [1.29, 1.82) is 0 Å². The Labute approximate surface area is 185 Å². The van der Waals surface area contributed by atoms with Gasteiger partial charge >= 0.3 is 0 Å². The van der Waals surface area contributed by atoms with E-state index in [0.717, 1.165) is 61.3 Å². The number of nitrogens with one attached hydrogen (secondary N) is 1. The number of nitrogens with zero attached hydrogens (tertiary/aromatic N) is 4. The Morgan fingerprint density at radius 3 is 2.81 bits per heavy atom. The smallest absolute Gasteiger partial charge is 0.271 e. The van der Waals surface area contributed by atoms with Crippen molar-refractivity contribution in [3.05, 3.63) is 53.6 Å². The largest absolute Gasteiger partial charge is 0.348 e. The van der Waals surface area contributed by atoms with Gasteiger partial charge in [0.25, 0.3) is 5.91 Å². The predicted molar refractivity (Wildman–Crippen MR) is 120 cm³/mol. The average molecular weight is 440 g/mol. The van der Waals surface area contributed by atoms with E-state index in [-0.39, 0.29) is 23.8 Å². The van der Waals surface area contributed by atoms with Crippen LogP contribution in [0.3, 0.4) is 0 Å². The van der Waals surface area contributed by atoms with Gasteiger partial charge < -0.3 is 10.2 Å². The summed E-state index contributed by atoms with van der Waals surface area (Å²) < 4.78 is 15.7. The van der Waals surface area contributed by atoms with E-state index >= 15 is 0 Å². The number of halogens is 1. The normalized spacial score (nSPS) is 19.4. The summed E-state index contributed by atoms with van der Waals surface area (Å²) in [5.41, 5.74) is 2.10. The molecule has 3 aromatic rings. The summed E-state index contributed by atoms with van der Waals surface area (Å²) in [5, 5.41) is 7.91. The molecule has 2 aromatic heterocycles. The number of hydrogen-bond donors (Lipinski definition) is 1. The van der Waals surface area contributed by atoms with Gasteiger partial charge in [0.15, 0.2) is 11.3 Å². The molecule has 0 spiro atoms. The van der Waals surface area contributed by atoms with Crippen LogP contribution in [0, 0.1) is 5.82 Å². The molecule has 0 bridgehead atoms. The Morgan fingerprint density at radius 2 is 2.00 bits per heavy atom. The number of carbonyl (C=O) groups is 1. The quantitative estimate of drug-likeness (QED) is 0.589. The van der Waals surface area contributed by atoms with Crippen LogP contribution in [0.25, 0.3) is 5.65 Å². The molecule has 162 valence electrons. The van der Waals surface area contributed by atoms with Gasteiger partial charge in [-0.25, -0.2) is 13.9 Å². The highest BCUT2D eigenvalue weighted by Gasteiger charge is 2.30. The molecule has 3 heterocycles. The van der Waals surface area contributed by atoms with Crippen LogP contribution in [0.1, 0.15) is 60.6 Å². The maximum Gasteiger partial charge on any atom is 0.271 e. The highest BCUT2D eigenvalue weighted by molar-refractivity contribution is 7.98. The molecule has 1 saturated carbocycles. The lowest BCUT2D eigenvalue weighted by Crippen LogP contribution is -2.33.